The monoisotopic (exact) mass is 1130 g/mol. The van der Waals surface area contributed by atoms with Crippen molar-refractivity contribution in [3.8, 4) is 0 Å². The Hall–Kier alpha value is -8.77. The lowest BCUT2D eigenvalue weighted by atomic mass is 10.0. The van der Waals surface area contributed by atoms with Crippen LogP contribution < -0.4 is 36.6 Å². The summed E-state index contributed by atoms with van der Waals surface area (Å²) in [6, 6.07) is 40.3. The lowest BCUT2D eigenvalue weighted by Crippen LogP contribution is -2.15. The van der Waals surface area contributed by atoms with Crippen LogP contribution in [0.15, 0.2) is 152 Å². The molecule has 0 aliphatic carbocycles. The molecule has 0 radical (unpaired) electrons. The molecule has 0 fully saturated rings. The third-order valence-corrected chi connectivity index (χ3v) is 14.2. The molecule has 24 heteroatoms. The zero-order valence-corrected chi connectivity index (χ0v) is 46.0. The summed E-state index contributed by atoms with van der Waals surface area (Å²) in [7, 11) is 0.922. The third-order valence-electron chi connectivity index (χ3n) is 12.6. The second kappa shape index (κ2) is 23.9. The van der Waals surface area contributed by atoms with Gasteiger partial charge in [0.2, 0.25) is 33.8 Å². The van der Waals surface area contributed by atoms with Crippen molar-refractivity contribution in [3.05, 3.63) is 191 Å². The number of hydrogen-bond donors (Lipinski definition) is 5. The fourth-order valence-electron chi connectivity index (χ4n) is 8.56. The highest BCUT2D eigenvalue weighted by Gasteiger charge is 2.20. The molecule has 19 nitrogen and oxygen atoms in total. The van der Waals surface area contributed by atoms with Crippen molar-refractivity contribution < 1.29 is 25.6 Å². The first kappa shape index (κ1) is 56.4. The standard InChI is InChI=1S/C28H28FN7O2S.C27H27FN8O2S.ClH/c1-35(25-14-15-31-28(33-25)32-21-10-6-19(7-11-21)17-39(3,37)38)23-12-13-24-26(34-27(30)36(24)2)22(23)16-18-4-8-20(29)9-5-18;1-35(25-13-14-30-26(34-25)32-21-9-5-19(6-10-21)17-39(29,37)38)22-11-12-24-23(15-22)33-27(36(24)2)31-16-18-3-7-20(28)8-4-18;/h4-15H,16-17H2,1-3H3,(H2,30,34)(H,31,32,33);3-15H,16-17H2,1-2H3,(H,31,33)(H2,29,37,38)(H,30,32,34);1H. The minimum atomic E-state index is -3.59. The Balaban J connectivity index is 0.000000205. The van der Waals surface area contributed by atoms with Crippen LogP contribution in [0.5, 0.6) is 0 Å². The number of benzene rings is 6. The Morgan fingerprint density at radius 2 is 1.11 bits per heavy atom. The molecule has 10 aromatic rings. The molecule has 7 N–H and O–H groups in total. The van der Waals surface area contributed by atoms with E-state index in [9.17, 15) is 25.6 Å². The van der Waals surface area contributed by atoms with E-state index in [-0.39, 0.29) is 35.5 Å². The van der Waals surface area contributed by atoms with Crippen LogP contribution >= 0.6 is 12.4 Å². The molecule has 0 spiro atoms. The van der Waals surface area contributed by atoms with Gasteiger partial charge in [0, 0.05) is 88.1 Å². The smallest absolute Gasteiger partial charge is 0.229 e. The molecule has 0 bridgehead atoms. The van der Waals surface area contributed by atoms with Crippen LogP contribution in [0, 0.1) is 11.6 Å². The third kappa shape index (κ3) is 14.2. The number of nitrogens with zero attached hydrogens (tertiary/aromatic N) is 10. The lowest BCUT2D eigenvalue weighted by molar-refractivity contribution is 0.596. The van der Waals surface area contributed by atoms with E-state index >= 15 is 0 Å². The average molecular weight is 1130 g/mol. The van der Waals surface area contributed by atoms with Crippen LogP contribution in [-0.4, -0.2) is 76.2 Å². The van der Waals surface area contributed by atoms with Gasteiger partial charge in [0.25, 0.3) is 0 Å². The maximum Gasteiger partial charge on any atom is 0.229 e. The van der Waals surface area contributed by atoms with Gasteiger partial charge < -0.3 is 40.6 Å². The normalized spacial score (nSPS) is 11.4. The molecular formula is C55H56ClF2N15O4S2. The average Bonchev–Trinajstić information content (AvgIpc) is 3.91. The Morgan fingerprint density at radius 1 is 0.595 bits per heavy atom. The second-order valence-electron chi connectivity index (χ2n) is 18.5. The number of fused-ring (bicyclic) bond motifs is 2. The highest BCUT2D eigenvalue weighted by atomic mass is 35.5. The number of sulfone groups is 1. The van der Waals surface area contributed by atoms with Crippen molar-refractivity contribution in [1.82, 2.24) is 39.0 Å². The number of nitrogens with two attached hydrogens (primary N) is 2. The van der Waals surface area contributed by atoms with Crippen LogP contribution in [0.25, 0.3) is 22.1 Å². The highest BCUT2D eigenvalue weighted by molar-refractivity contribution is 7.89. The number of imidazole rings is 2. The van der Waals surface area contributed by atoms with E-state index < -0.39 is 19.9 Å². The number of rotatable bonds is 17. The molecule has 0 saturated carbocycles. The zero-order valence-electron chi connectivity index (χ0n) is 43.5. The summed E-state index contributed by atoms with van der Waals surface area (Å²) in [5, 5.41) is 14.7. The number of hydrogen-bond acceptors (Lipinski definition) is 16. The van der Waals surface area contributed by atoms with Crippen LogP contribution in [0.3, 0.4) is 0 Å². The van der Waals surface area contributed by atoms with Crippen LogP contribution in [0.4, 0.5) is 67.0 Å². The fourth-order valence-corrected chi connectivity index (χ4v) is 10.0. The summed E-state index contributed by atoms with van der Waals surface area (Å²) < 4.78 is 76.3. The van der Waals surface area contributed by atoms with E-state index in [1.165, 1.54) is 30.5 Å². The van der Waals surface area contributed by atoms with Crippen molar-refractivity contribution in [2.45, 2.75) is 24.5 Å². The summed E-state index contributed by atoms with van der Waals surface area (Å²) in [4.78, 5) is 31.2. The molecule has 0 atom stereocenters. The number of anilines is 10. The van der Waals surface area contributed by atoms with Gasteiger partial charge in [0.05, 0.1) is 33.6 Å². The maximum absolute atomic E-state index is 13.6. The number of aryl methyl sites for hydroxylation is 2. The number of aromatic nitrogens is 8. The topological polar surface area (TPSA) is 250 Å². The summed E-state index contributed by atoms with van der Waals surface area (Å²) in [6.07, 6.45) is 5.05. The van der Waals surface area contributed by atoms with E-state index in [0.29, 0.717) is 65.2 Å². The molecule has 0 unspecified atom stereocenters. The predicted molar refractivity (Wildman–Crippen MR) is 311 cm³/mol. The van der Waals surface area contributed by atoms with E-state index in [1.54, 1.807) is 97.3 Å². The highest BCUT2D eigenvalue weighted by Crippen LogP contribution is 2.35. The molecule has 79 heavy (non-hydrogen) atoms. The molecule has 10 rings (SSSR count). The Kier molecular flexibility index (Phi) is 17.0. The van der Waals surface area contributed by atoms with Gasteiger partial charge in [-0.05, 0) is 113 Å². The lowest BCUT2D eigenvalue weighted by Gasteiger charge is -2.22. The SMILES string of the molecule is CN(c1ccc2c(c1)nc(NCc1ccc(F)cc1)n2C)c1ccnc(Nc2ccc(CS(N)(=O)=O)cc2)n1.CN(c1ccnc(Nc2ccc(CS(C)(=O)=O)cc2)n1)c1ccc2c(nc(N)n2C)c1Cc1ccc(F)cc1.Cl. The van der Waals surface area contributed by atoms with Crippen molar-refractivity contribution in [3.63, 3.8) is 0 Å². The van der Waals surface area contributed by atoms with Crippen molar-refractivity contribution in [2.24, 2.45) is 19.2 Å². The van der Waals surface area contributed by atoms with Gasteiger partial charge in [-0.25, -0.2) is 50.7 Å². The number of sulfonamides is 1. The van der Waals surface area contributed by atoms with E-state index in [1.807, 2.05) is 77.5 Å². The minimum Gasteiger partial charge on any atom is -0.369 e. The van der Waals surface area contributed by atoms with Gasteiger partial charge in [-0.1, -0.05) is 48.5 Å². The molecule has 0 saturated heterocycles. The first-order chi connectivity index (χ1) is 37.2. The quantitative estimate of drug-likeness (QED) is 0.0569. The maximum atomic E-state index is 13.6. The fraction of sp³-hybridized carbons (Fsp3) is 0.164. The van der Waals surface area contributed by atoms with Gasteiger partial charge in [-0.3, -0.25) is 0 Å². The van der Waals surface area contributed by atoms with Gasteiger partial charge in [0.1, 0.15) is 23.3 Å². The summed E-state index contributed by atoms with van der Waals surface area (Å²) >= 11 is 0. The van der Waals surface area contributed by atoms with Gasteiger partial charge in [-0.15, -0.1) is 12.4 Å². The second-order valence-corrected chi connectivity index (χ2v) is 22.3. The van der Waals surface area contributed by atoms with Crippen molar-refractivity contribution >= 4 is 113 Å². The van der Waals surface area contributed by atoms with Gasteiger partial charge in [0.15, 0.2) is 9.84 Å². The molecule has 408 valence electrons. The van der Waals surface area contributed by atoms with Gasteiger partial charge >= 0.3 is 0 Å². The van der Waals surface area contributed by atoms with E-state index in [0.717, 1.165) is 55.8 Å². The minimum absolute atomic E-state index is 0. The van der Waals surface area contributed by atoms with Crippen molar-refractivity contribution in [1.29, 1.82) is 0 Å². The number of nitrogen functional groups attached to an aromatic ring is 1. The van der Waals surface area contributed by atoms with Crippen LogP contribution in [0.1, 0.15) is 27.8 Å². The first-order valence-electron chi connectivity index (χ1n) is 24.2. The molecule has 0 aliphatic rings. The predicted octanol–water partition coefficient (Wildman–Crippen LogP) is 9.57. The van der Waals surface area contributed by atoms with Crippen molar-refractivity contribution in [2.75, 3.05) is 51.8 Å². The zero-order chi connectivity index (χ0) is 55.3. The van der Waals surface area contributed by atoms with E-state index in [2.05, 4.69) is 35.9 Å². The molecule has 0 aliphatic heterocycles. The number of halogens is 3. The Morgan fingerprint density at radius 3 is 1.67 bits per heavy atom. The van der Waals surface area contributed by atoms with Crippen LogP contribution in [0.2, 0.25) is 0 Å². The molecule has 0 amide bonds. The Bertz CT molecular complexity index is 4000. The summed E-state index contributed by atoms with van der Waals surface area (Å²) in [5.74, 6) is 2.41. The first-order valence-corrected chi connectivity index (χ1v) is 28.0. The summed E-state index contributed by atoms with van der Waals surface area (Å²) in [6.45, 7) is 0.524. The molecule has 6 aromatic carbocycles. The Labute approximate surface area is 461 Å². The number of nitrogens with one attached hydrogen (secondary N) is 3. The molecule has 4 heterocycles. The summed E-state index contributed by atoms with van der Waals surface area (Å²) in [5.41, 5.74) is 16.9. The van der Waals surface area contributed by atoms with Gasteiger partial charge in [-0.2, -0.15) is 9.97 Å². The largest absolute Gasteiger partial charge is 0.369 e. The molecule has 4 aromatic heterocycles. The number of primary sulfonamides is 1. The molecular weight excluding hydrogens is 1070 g/mol. The van der Waals surface area contributed by atoms with E-state index in [4.69, 9.17) is 20.8 Å². The van der Waals surface area contributed by atoms with Crippen LogP contribution in [-0.2, 0) is 58.4 Å².